The molecule has 0 radical (unpaired) electrons. The molecule has 0 atom stereocenters. The van der Waals surface area contributed by atoms with Crippen LogP contribution in [0, 0.1) is 0 Å². The van der Waals surface area contributed by atoms with E-state index in [4.69, 9.17) is 10.5 Å². The minimum absolute atomic E-state index is 0.356. The van der Waals surface area contributed by atoms with E-state index >= 15 is 0 Å². The first-order valence-electron chi connectivity index (χ1n) is 7.45. The van der Waals surface area contributed by atoms with Gasteiger partial charge in [-0.1, -0.05) is 6.07 Å². The molecule has 0 saturated carbocycles. The maximum atomic E-state index is 11.6. The SMILES string of the molecule is Cn1ncc2cc(-c3cnc(C(N)=O)c4c3COCC4)ccc21. The second-order valence-electron chi connectivity index (χ2n) is 5.69. The zero-order chi connectivity index (χ0) is 16.0. The van der Waals surface area contributed by atoms with Crippen molar-refractivity contribution < 1.29 is 9.53 Å². The Morgan fingerprint density at radius 1 is 1.30 bits per heavy atom. The molecule has 0 spiro atoms. The summed E-state index contributed by atoms with van der Waals surface area (Å²) < 4.78 is 7.43. The van der Waals surface area contributed by atoms with E-state index in [-0.39, 0.29) is 0 Å². The van der Waals surface area contributed by atoms with E-state index in [2.05, 4.69) is 16.1 Å². The highest BCUT2D eigenvalue weighted by atomic mass is 16.5. The molecule has 0 unspecified atom stereocenters. The standard InChI is InChI=1S/C17H16N4O2/c1-21-15-3-2-10(6-11(15)7-20-21)13-8-19-16(17(18)22)12-4-5-23-9-14(12)13/h2-3,6-8H,4-5,9H2,1H3,(H2,18,22). The molecule has 2 aromatic heterocycles. The van der Waals surface area contributed by atoms with Crippen LogP contribution >= 0.6 is 0 Å². The lowest BCUT2D eigenvalue weighted by Crippen LogP contribution is -2.21. The van der Waals surface area contributed by atoms with Crippen LogP contribution in [0.15, 0.2) is 30.6 Å². The number of ether oxygens (including phenoxy) is 1. The van der Waals surface area contributed by atoms with Crippen LogP contribution in [0.2, 0.25) is 0 Å². The van der Waals surface area contributed by atoms with Gasteiger partial charge >= 0.3 is 0 Å². The molecular formula is C17H16N4O2. The van der Waals surface area contributed by atoms with E-state index in [1.807, 2.05) is 30.1 Å². The summed E-state index contributed by atoms with van der Waals surface area (Å²) in [7, 11) is 1.92. The van der Waals surface area contributed by atoms with E-state index < -0.39 is 5.91 Å². The Morgan fingerprint density at radius 3 is 3.00 bits per heavy atom. The normalized spacial score (nSPS) is 14.0. The van der Waals surface area contributed by atoms with Crippen molar-refractivity contribution in [3.8, 4) is 11.1 Å². The summed E-state index contributed by atoms with van der Waals surface area (Å²) in [5, 5.41) is 5.33. The number of carbonyl (C=O) groups is 1. The number of nitrogens with zero attached hydrogens (tertiary/aromatic N) is 3. The van der Waals surface area contributed by atoms with Crippen LogP contribution in [0.1, 0.15) is 21.6 Å². The van der Waals surface area contributed by atoms with Crippen molar-refractivity contribution in [2.24, 2.45) is 12.8 Å². The summed E-state index contributed by atoms with van der Waals surface area (Å²) in [6.07, 6.45) is 4.21. The van der Waals surface area contributed by atoms with E-state index in [1.165, 1.54) is 0 Å². The number of fused-ring (bicyclic) bond motifs is 2. The number of nitrogens with two attached hydrogens (primary N) is 1. The van der Waals surface area contributed by atoms with Crippen molar-refractivity contribution in [3.05, 3.63) is 47.4 Å². The number of amides is 1. The minimum atomic E-state index is -0.489. The highest BCUT2D eigenvalue weighted by Gasteiger charge is 2.22. The van der Waals surface area contributed by atoms with Crippen LogP contribution in [-0.4, -0.2) is 27.3 Å². The van der Waals surface area contributed by atoms with Crippen LogP contribution in [-0.2, 0) is 24.8 Å². The zero-order valence-electron chi connectivity index (χ0n) is 12.7. The lowest BCUT2D eigenvalue weighted by atomic mass is 9.93. The van der Waals surface area contributed by atoms with Gasteiger partial charge in [0.25, 0.3) is 5.91 Å². The molecular weight excluding hydrogens is 292 g/mol. The third-order valence-corrected chi connectivity index (χ3v) is 4.33. The maximum Gasteiger partial charge on any atom is 0.267 e. The third kappa shape index (κ3) is 2.19. The van der Waals surface area contributed by atoms with E-state index in [0.29, 0.717) is 25.3 Å². The van der Waals surface area contributed by atoms with Crippen molar-refractivity contribution in [3.63, 3.8) is 0 Å². The lowest BCUT2D eigenvalue weighted by molar-refractivity contribution is 0.0979. The Hall–Kier alpha value is -2.73. The second-order valence-corrected chi connectivity index (χ2v) is 5.69. The Balaban J connectivity index is 1.92. The molecule has 6 heteroatoms. The first-order valence-corrected chi connectivity index (χ1v) is 7.45. The number of pyridine rings is 1. The van der Waals surface area contributed by atoms with E-state index in [0.717, 1.165) is 33.2 Å². The Bertz CT molecular complexity index is 930. The molecule has 23 heavy (non-hydrogen) atoms. The number of primary amides is 1. The van der Waals surface area contributed by atoms with Crippen molar-refractivity contribution in [2.45, 2.75) is 13.0 Å². The molecule has 2 N–H and O–H groups in total. The zero-order valence-corrected chi connectivity index (χ0v) is 12.7. The number of aryl methyl sites for hydroxylation is 1. The molecule has 3 aromatic rings. The van der Waals surface area contributed by atoms with Gasteiger partial charge in [0.1, 0.15) is 5.69 Å². The fourth-order valence-electron chi connectivity index (χ4n) is 3.17. The topological polar surface area (TPSA) is 83.0 Å². The molecule has 1 aromatic carbocycles. The monoisotopic (exact) mass is 308 g/mol. The third-order valence-electron chi connectivity index (χ3n) is 4.33. The fraction of sp³-hybridized carbons (Fsp3) is 0.235. The summed E-state index contributed by atoms with van der Waals surface area (Å²) in [6, 6.07) is 6.16. The largest absolute Gasteiger partial charge is 0.376 e. The Morgan fingerprint density at radius 2 is 2.17 bits per heavy atom. The number of hydrogen-bond acceptors (Lipinski definition) is 4. The van der Waals surface area contributed by atoms with Gasteiger partial charge in [-0.05, 0) is 35.2 Å². The number of rotatable bonds is 2. The molecule has 6 nitrogen and oxygen atoms in total. The molecule has 116 valence electrons. The number of benzene rings is 1. The average Bonchev–Trinajstić information content (AvgIpc) is 2.94. The molecule has 1 amide bonds. The van der Waals surface area contributed by atoms with Crippen LogP contribution in [0.3, 0.4) is 0 Å². The number of hydrogen-bond donors (Lipinski definition) is 1. The first-order chi connectivity index (χ1) is 11.1. The summed E-state index contributed by atoms with van der Waals surface area (Å²) in [4.78, 5) is 15.9. The van der Waals surface area contributed by atoms with Crippen LogP contribution in [0.4, 0.5) is 0 Å². The van der Waals surface area contributed by atoms with Gasteiger partial charge in [-0.25, -0.2) is 0 Å². The quantitative estimate of drug-likeness (QED) is 0.782. The van der Waals surface area contributed by atoms with Gasteiger partial charge < -0.3 is 10.5 Å². The van der Waals surface area contributed by atoms with Crippen LogP contribution < -0.4 is 5.73 Å². The minimum Gasteiger partial charge on any atom is -0.376 e. The van der Waals surface area contributed by atoms with Gasteiger partial charge in [0.05, 0.1) is 24.9 Å². The van der Waals surface area contributed by atoms with Gasteiger partial charge in [0.2, 0.25) is 0 Å². The molecule has 1 aliphatic heterocycles. The van der Waals surface area contributed by atoms with Crippen molar-refractivity contribution in [1.29, 1.82) is 0 Å². The first kappa shape index (κ1) is 13.9. The fourth-order valence-corrected chi connectivity index (χ4v) is 3.17. The Labute approximate surface area is 132 Å². The highest BCUT2D eigenvalue weighted by molar-refractivity contribution is 5.94. The molecule has 0 saturated heterocycles. The van der Waals surface area contributed by atoms with Crippen molar-refractivity contribution >= 4 is 16.8 Å². The number of carbonyl (C=O) groups excluding carboxylic acids is 1. The molecule has 0 fully saturated rings. The molecule has 4 rings (SSSR count). The summed E-state index contributed by atoms with van der Waals surface area (Å²) in [5.74, 6) is -0.489. The van der Waals surface area contributed by atoms with Crippen molar-refractivity contribution in [2.75, 3.05) is 6.61 Å². The summed E-state index contributed by atoms with van der Waals surface area (Å²) in [6.45, 7) is 1.05. The predicted molar refractivity (Wildman–Crippen MR) is 85.8 cm³/mol. The van der Waals surface area contributed by atoms with Gasteiger partial charge in [-0.3, -0.25) is 14.5 Å². The second kappa shape index (κ2) is 5.17. The molecule has 0 aliphatic carbocycles. The summed E-state index contributed by atoms with van der Waals surface area (Å²) >= 11 is 0. The summed E-state index contributed by atoms with van der Waals surface area (Å²) in [5.41, 5.74) is 10.8. The number of aromatic nitrogens is 3. The smallest absolute Gasteiger partial charge is 0.267 e. The van der Waals surface area contributed by atoms with E-state index in [1.54, 1.807) is 6.20 Å². The predicted octanol–water partition coefficient (Wildman–Crippen LogP) is 1.81. The molecule has 1 aliphatic rings. The maximum absolute atomic E-state index is 11.6. The van der Waals surface area contributed by atoms with Gasteiger partial charge in [0.15, 0.2) is 0 Å². The molecule has 3 heterocycles. The van der Waals surface area contributed by atoms with Gasteiger partial charge in [0, 0.05) is 24.2 Å². The molecule has 0 bridgehead atoms. The lowest BCUT2D eigenvalue weighted by Gasteiger charge is -2.21. The Kier molecular flexibility index (Phi) is 3.12. The van der Waals surface area contributed by atoms with Crippen LogP contribution in [0.25, 0.3) is 22.0 Å². The van der Waals surface area contributed by atoms with Crippen LogP contribution in [0.5, 0.6) is 0 Å². The van der Waals surface area contributed by atoms with Gasteiger partial charge in [-0.15, -0.1) is 0 Å². The van der Waals surface area contributed by atoms with Gasteiger partial charge in [-0.2, -0.15) is 5.10 Å². The van der Waals surface area contributed by atoms with Crippen molar-refractivity contribution in [1.82, 2.24) is 14.8 Å². The average molecular weight is 308 g/mol. The van der Waals surface area contributed by atoms with E-state index in [9.17, 15) is 4.79 Å². The highest BCUT2D eigenvalue weighted by Crippen LogP contribution is 2.32.